The molecule has 3 heterocycles. The van der Waals surface area contributed by atoms with E-state index < -0.39 is 155 Å². The third-order valence-corrected chi connectivity index (χ3v) is 13.6. The third kappa shape index (κ3) is 20.5. The number of carboxylic acids is 1. The summed E-state index contributed by atoms with van der Waals surface area (Å²) in [5, 5.41) is 135. The third-order valence-electron chi connectivity index (χ3n) is 13.6. The van der Waals surface area contributed by atoms with E-state index in [0.29, 0.717) is 19.3 Å². The minimum Gasteiger partial charge on any atom is -0.477 e. The molecule has 23 nitrogen and oxygen atoms in total. The Balaban J connectivity index is 1.75. The van der Waals surface area contributed by atoms with Crippen LogP contribution in [0.25, 0.3) is 0 Å². The zero-order chi connectivity index (χ0) is 54.8. The van der Waals surface area contributed by atoms with E-state index in [9.17, 15) is 75.7 Å². The van der Waals surface area contributed by atoms with Crippen LogP contribution in [0.3, 0.4) is 0 Å². The van der Waals surface area contributed by atoms with Crippen molar-refractivity contribution in [3.05, 3.63) is 24.3 Å². The van der Waals surface area contributed by atoms with E-state index >= 15 is 0 Å². The molecule has 14 N–H and O–H groups in total. The predicted molar refractivity (Wildman–Crippen MR) is 264 cm³/mol. The van der Waals surface area contributed by atoms with Gasteiger partial charge in [-0.3, -0.25) is 9.59 Å². The van der Waals surface area contributed by atoms with Gasteiger partial charge >= 0.3 is 5.97 Å². The Labute approximate surface area is 434 Å². The number of allylic oxidation sites excluding steroid dienone is 3. The fourth-order valence-corrected chi connectivity index (χ4v) is 9.24. The summed E-state index contributed by atoms with van der Waals surface area (Å²) in [7, 11) is 0. The van der Waals surface area contributed by atoms with Crippen LogP contribution in [-0.4, -0.2) is 215 Å². The molecule has 0 saturated carbocycles. The highest BCUT2D eigenvalue weighted by Gasteiger charge is 2.60. The second-order valence-electron chi connectivity index (χ2n) is 19.7. The summed E-state index contributed by atoms with van der Waals surface area (Å²) in [6, 6.07) is -2.63. The van der Waals surface area contributed by atoms with Crippen molar-refractivity contribution in [2.24, 2.45) is 0 Å². The SMILES string of the molecule is CCCCCC/C=C\CCCC(=O)NC(COC1OC(CO)C(OC2OC(CO)C(O)C(OC3(C(=O)O)CC(O)C(NC(C)=O)C(C(O)C(O)CO)O3)C2O)C(O)C1O)C(O)/C=C/CCCCCCCCCCC. The molecule has 0 aliphatic carbocycles. The number of aliphatic carboxylic acids is 1. The topological polar surface area (TPSA) is 373 Å². The van der Waals surface area contributed by atoms with Gasteiger partial charge in [0, 0.05) is 19.8 Å². The van der Waals surface area contributed by atoms with Gasteiger partial charge in [-0.05, 0) is 38.5 Å². The highest BCUT2D eigenvalue weighted by atomic mass is 16.8. The number of hydrogen-bond donors (Lipinski definition) is 14. The molecule has 0 aromatic carbocycles. The van der Waals surface area contributed by atoms with E-state index in [1.807, 2.05) is 12.2 Å². The average Bonchev–Trinajstić information content (AvgIpc) is 3.37. The predicted octanol–water partition coefficient (Wildman–Crippen LogP) is -0.179. The Morgan fingerprint density at radius 1 is 0.703 bits per heavy atom. The fraction of sp³-hybridized carbons (Fsp3) is 0.863. The van der Waals surface area contributed by atoms with Crippen LogP contribution in [0, 0.1) is 0 Å². The first-order chi connectivity index (χ1) is 35.4. The summed E-state index contributed by atoms with van der Waals surface area (Å²) < 4.78 is 34.5. The maximum Gasteiger partial charge on any atom is 0.364 e. The van der Waals surface area contributed by atoms with E-state index in [1.165, 1.54) is 44.9 Å². The lowest BCUT2D eigenvalue weighted by atomic mass is 9.88. The van der Waals surface area contributed by atoms with Crippen LogP contribution in [0.2, 0.25) is 0 Å². The van der Waals surface area contributed by atoms with Gasteiger partial charge in [-0.2, -0.15) is 0 Å². The van der Waals surface area contributed by atoms with Gasteiger partial charge in [0.05, 0.1) is 50.7 Å². The number of carbonyl (C=O) groups excluding carboxylic acids is 2. The molecule has 0 spiro atoms. The number of carbonyl (C=O) groups is 3. The summed E-state index contributed by atoms with van der Waals surface area (Å²) in [6.45, 7) is 1.97. The highest BCUT2D eigenvalue weighted by molar-refractivity contribution is 5.77. The molecule has 3 rings (SSSR count). The molecule has 3 aliphatic rings. The Morgan fingerprint density at radius 3 is 1.85 bits per heavy atom. The van der Waals surface area contributed by atoms with Crippen LogP contribution < -0.4 is 10.6 Å². The minimum absolute atomic E-state index is 0.150. The number of aliphatic hydroxyl groups excluding tert-OH is 11. The quantitative estimate of drug-likeness (QED) is 0.0286. The van der Waals surface area contributed by atoms with Gasteiger partial charge in [-0.15, -0.1) is 0 Å². The molecular weight excluding hydrogens is 977 g/mol. The zero-order valence-corrected chi connectivity index (χ0v) is 43.4. The minimum atomic E-state index is -3.08. The first-order valence-electron chi connectivity index (χ1n) is 26.7. The van der Waals surface area contributed by atoms with Crippen molar-refractivity contribution in [1.29, 1.82) is 0 Å². The largest absolute Gasteiger partial charge is 0.477 e. The van der Waals surface area contributed by atoms with Crippen LogP contribution in [0.15, 0.2) is 24.3 Å². The number of aliphatic hydroxyl groups is 11. The van der Waals surface area contributed by atoms with Gasteiger partial charge in [0.2, 0.25) is 11.8 Å². The highest BCUT2D eigenvalue weighted by Crippen LogP contribution is 2.38. The number of hydrogen-bond acceptors (Lipinski definition) is 20. The van der Waals surface area contributed by atoms with E-state index in [2.05, 4.69) is 30.6 Å². The van der Waals surface area contributed by atoms with Crippen molar-refractivity contribution in [2.45, 2.75) is 253 Å². The fourth-order valence-electron chi connectivity index (χ4n) is 9.24. The van der Waals surface area contributed by atoms with Crippen LogP contribution >= 0.6 is 0 Å². The van der Waals surface area contributed by atoms with Crippen molar-refractivity contribution >= 4 is 17.8 Å². The molecule has 0 aromatic rings. The number of nitrogens with one attached hydrogen (secondary N) is 2. The van der Waals surface area contributed by atoms with Gasteiger partial charge in [-0.25, -0.2) is 4.79 Å². The van der Waals surface area contributed by atoms with Gasteiger partial charge in [0.1, 0.15) is 67.1 Å². The number of carboxylic acid groups (broad SMARTS) is 1. The van der Waals surface area contributed by atoms with Crippen LogP contribution in [-0.2, 0) is 42.8 Å². The van der Waals surface area contributed by atoms with Crippen molar-refractivity contribution in [1.82, 2.24) is 10.6 Å². The van der Waals surface area contributed by atoms with Gasteiger partial charge in [0.25, 0.3) is 5.79 Å². The molecule has 74 heavy (non-hydrogen) atoms. The van der Waals surface area contributed by atoms with Gasteiger partial charge in [-0.1, -0.05) is 109 Å². The molecule has 23 heteroatoms. The maximum atomic E-state index is 13.2. The Morgan fingerprint density at radius 2 is 1.27 bits per heavy atom. The van der Waals surface area contributed by atoms with Crippen molar-refractivity contribution in [3.63, 3.8) is 0 Å². The lowest BCUT2D eigenvalue weighted by Crippen LogP contribution is -2.70. The van der Waals surface area contributed by atoms with Crippen LogP contribution in [0.4, 0.5) is 0 Å². The number of rotatable bonds is 36. The molecule has 430 valence electrons. The molecule has 18 atom stereocenters. The molecule has 3 aliphatic heterocycles. The molecule has 18 unspecified atom stereocenters. The summed E-state index contributed by atoms with van der Waals surface area (Å²) in [5.41, 5.74) is 0. The number of ether oxygens (including phenoxy) is 6. The second kappa shape index (κ2) is 34.9. The first-order valence-corrected chi connectivity index (χ1v) is 26.7. The van der Waals surface area contributed by atoms with Crippen molar-refractivity contribution in [3.8, 4) is 0 Å². The van der Waals surface area contributed by atoms with Crippen molar-refractivity contribution in [2.75, 3.05) is 26.4 Å². The molecule has 0 bridgehead atoms. The Hall–Kier alpha value is -2.79. The van der Waals surface area contributed by atoms with Crippen LogP contribution in [0.1, 0.15) is 143 Å². The molecule has 0 aromatic heterocycles. The van der Waals surface area contributed by atoms with E-state index in [0.717, 1.165) is 51.9 Å². The zero-order valence-electron chi connectivity index (χ0n) is 43.4. The van der Waals surface area contributed by atoms with E-state index in [-0.39, 0.29) is 12.3 Å². The van der Waals surface area contributed by atoms with Gasteiger partial charge in [0.15, 0.2) is 12.6 Å². The molecule has 2 amide bonds. The molecule has 3 saturated heterocycles. The van der Waals surface area contributed by atoms with Crippen LogP contribution in [0.5, 0.6) is 0 Å². The Kier molecular flexibility index (Phi) is 30.9. The summed E-state index contributed by atoms with van der Waals surface area (Å²) >= 11 is 0. The van der Waals surface area contributed by atoms with E-state index in [1.54, 1.807) is 6.08 Å². The number of unbranched alkanes of at least 4 members (excludes halogenated alkanes) is 14. The second-order valence-corrected chi connectivity index (χ2v) is 19.7. The van der Waals surface area contributed by atoms with Crippen molar-refractivity contribution < 1.29 is 104 Å². The number of amides is 2. The summed E-state index contributed by atoms with van der Waals surface area (Å²) in [6.07, 6.45) is -4.00. The maximum absolute atomic E-state index is 13.2. The summed E-state index contributed by atoms with van der Waals surface area (Å²) in [4.78, 5) is 38.1. The first kappa shape index (κ1) is 65.5. The lowest BCUT2D eigenvalue weighted by molar-refractivity contribution is -0.386. The Bertz CT molecular complexity index is 1650. The van der Waals surface area contributed by atoms with E-state index in [4.69, 9.17) is 28.4 Å². The lowest BCUT2D eigenvalue weighted by Gasteiger charge is -2.50. The molecular formula is C51H90N2O21. The van der Waals surface area contributed by atoms with Gasteiger partial charge < -0.3 is 100 Å². The average molecular weight is 1070 g/mol. The normalized spacial score (nSPS) is 32.3. The molecule has 0 radical (unpaired) electrons. The monoisotopic (exact) mass is 1070 g/mol. The smallest absolute Gasteiger partial charge is 0.364 e. The standard InChI is InChI=1S/C51H90N2O21/c1-4-6-8-10-12-14-15-17-18-20-22-24-33(58)32(53-38(61)25-23-21-19-16-13-11-9-7-5-2)30-69-48-43(65)42(64)45(37(29-56)71-48)72-49-44(66)47(41(63)36(28-55)70-49)74-51(50(67)68)26-34(59)39(52-31(3)57)46(73-51)40(62)35(60)27-54/h16,19,22,24,32-37,39-49,54-56,58-60,62-66H,4-15,17-18,20-21,23,25-30H2,1-3H3,(H,52,57)(H,53,61)(H,67,68)/b19-16-,24-22+. The summed E-state index contributed by atoms with van der Waals surface area (Å²) in [5.74, 6) is -6.19. The molecule has 3 fully saturated rings.